The van der Waals surface area contributed by atoms with E-state index in [0.717, 1.165) is 27.5 Å². The molecule has 0 atom stereocenters. The Labute approximate surface area is 264 Å². The van der Waals surface area contributed by atoms with Gasteiger partial charge < -0.3 is 25.4 Å². The number of ether oxygens (including phenoxy) is 1. The molecule has 1 heterocycles. The Kier molecular flexibility index (Phi) is 11.8. The number of hydrogen-bond donors (Lipinski definition) is 3. The number of guanidine groups is 1. The van der Waals surface area contributed by atoms with Gasteiger partial charge in [-0.25, -0.2) is 11.0 Å². The maximum absolute atomic E-state index is 13.5. The van der Waals surface area contributed by atoms with Gasteiger partial charge in [0.25, 0.3) is 0 Å². The average Bonchev–Trinajstić information content (AvgIpc) is 3.36. The van der Waals surface area contributed by atoms with Crippen molar-refractivity contribution in [1.82, 2.24) is 10.0 Å². The smallest absolute Gasteiger partial charge is 0.416 e. The Morgan fingerprint density at radius 3 is 2.04 bits per heavy atom. The Balaban J connectivity index is 1.81. The van der Waals surface area contributed by atoms with Crippen molar-refractivity contribution in [2.24, 2.45) is 22.1 Å². The Hall–Kier alpha value is -3.72. The zero-order valence-corrected chi connectivity index (χ0v) is 26.4. The number of hydrazone groups is 1. The number of hydrogen-bond acceptors (Lipinski definition) is 6. The number of aryl methyl sites for hydroxylation is 1. The number of nitrogens with zero attached hydrogens (tertiary/aromatic N) is 4. The van der Waals surface area contributed by atoms with Crippen LogP contribution in [0.1, 0.15) is 72.9 Å². The molecule has 15 heteroatoms. The molecule has 2 aromatic carbocycles. The third-order valence-electron chi connectivity index (χ3n) is 7.77. The van der Waals surface area contributed by atoms with Gasteiger partial charge in [-0.3, -0.25) is 4.79 Å². The molecule has 0 aliphatic carbocycles. The van der Waals surface area contributed by atoms with Gasteiger partial charge in [-0.2, -0.15) is 26.3 Å². The number of fused-ring (bicyclic) bond motifs is 1. The molecule has 3 rings (SSSR count). The van der Waals surface area contributed by atoms with Gasteiger partial charge in [0, 0.05) is 38.9 Å². The zero-order chi connectivity index (χ0) is 34.4. The normalized spacial score (nSPS) is 13.9. The maximum Gasteiger partial charge on any atom is 0.416 e. The van der Waals surface area contributed by atoms with Crippen LogP contribution >= 0.6 is 0 Å². The molecule has 1 aliphatic heterocycles. The van der Waals surface area contributed by atoms with Gasteiger partial charge in [0.2, 0.25) is 5.96 Å². The molecule has 0 bridgehead atoms. The van der Waals surface area contributed by atoms with Crippen molar-refractivity contribution in [2.75, 3.05) is 31.6 Å². The van der Waals surface area contributed by atoms with Gasteiger partial charge in [0.05, 0.1) is 30.8 Å². The minimum atomic E-state index is -4.98. The number of carboxylic acids is 1. The maximum atomic E-state index is 13.5. The number of aliphatic carboxylic acids is 1. The second-order valence-electron chi connectivity index (χ2n) is 12.4. The summed E-state index contributed by atoms with van der Waals surface area (Å²) in [5.74, 6) is 4.54. The second-order valence-corrected chi connectivity index (χ2v) is 12.4. The lowest BCUT2D eigenvalue weighted by Gasteiger charge is -2.32. The highest BCUT2D eigenvalue weighted by molar-refractivity contribution is 5.77. The summed E-state index contributed by atoms with van der Waals surface area (Å²) in [5, 5.41) is 14.2. The summed E-state index contributed by atoms with van der Waals surface area (Å²) in [6.45, 7) is 7.73. The van der Waals surface area contributed by atoms with Crippen molar-refractivity contribution < 1.29 is 41.0 Å². The summed E-state index contributed by atoms with van der Waals surface area (Å²) in [6.07, 6.45) is -8.34. The minimum absolute atomic E-state index is 0.00655. The van der Waals surface area contributed by atoms with Crippen LogP contribution in [-0.4, -0.2) is 53.7 Å². The molecule has 0 saturated carbocycles. The molecule has 0 amide bonds. The highest BCUT2D eigenvalue weighted by Crippen LogP contribution is 2.37. The molecule has 1 aliphatic rings. The van der Waals surface area contributed by atoms with E-state index in [2.05, 4.69) is 22.1 Å². The average molecular weight is 661 g/mol. The molecule has 46 heavy (non-hydrogen) atoms. The van der Waals surface area contributed by atoms with Crippen molar-refractivity contribution in [1.29, 1.82) is 0 Å². The standard InChI is InChI=1S/C31H42F6N6O3/c1-20-11-22-18-46-19-23(22)14-26(20)42(10-7-29(2,3)16-27(44)45)8-5-6-9-43(28(38)40-41(4)39)17-21-12-24(30(32,33)34)15-25(13-21)31(35,36)37/h11-15H,5-10,16-19,39H2,1-4H3,(H2,38,40)(H,44,45). The van der Waals surface area contributed by atoms with Crippen LogP contribution < -0.4 is 16.5 Å². The summed E-state index contributed by atoms with van der Waals surface area (Å²) in [5.41, 5.74) is 6.78. The molecule has 0 aromatic heterocycles. The van der Waals surface area contributed by atoms with Gasteiger partial charge in [-0.05, 0) is 78.1 Å². The zero-order valence-electron chi connectivity index (χ0n) is 26.4. The number of hydrazine groups is 1. The van der Waals surface area contributed by atoms with Crippen LogP contribution in [0, 0.1) is 12.3 Å². The number of benzene rings is 2. The van der Waals surface area contributed by atoms with Gasteiger partial charge in [-0.1, -0.05) is 19.9 Å². The predicted molar refractivity (Wildman–Crippen MR) is 162 cm³/mol. The number of carbonyl (C=O) groups is 1. The summed E-state index contributed by atoms with van der Waals surface area (Å²) in [6, 6.07) is 5.59. The van der Waals surface area contributed by atoms with E-state index in [1.54, 1.807) is 0 Å². The quantitative estimate of drug-likeness (QED) is 0.0557. The molecule has 0 saturated heterocycles. The fourth-order valence-electron chi connectivity index (χ4n) is 5.40. The molecule has 0 spiro atoms. The van der Waals surface area contributed by atoms with E-state index in [1.807, 2.05) is 20.8 Å². The molecular weight excluding hydrogens is 618 g/mol. The van der Waals surface area contributed by atoms with Crippen LogP contribution in [0.3, 0.4) is 0 Å². The molecular formula is C31H42F6N6O3. The summed E-state index contributed by atoms with van der Waals surface area (Å²) < 4.78 is 86.4. The minimum Gasteiger partial charge on any atom is -0.481 e. The predicted octanol–water partition coefficient (Wildman–Crippen LogP) is 6.08. The first-order valence-corrected chi connectivity index (χ1v) is 14.8. The van der Waals surface area contributed by atoms with Crippen molar-refractivity contribution in [3.05, 3.63) is 63.7 Å². The fourth-order valence-corrected chi connectivity index (χ4v) is 5.40. The van der Waals surface area contributed by atoms with Crippen LogP contribution in [-0.2, 0) is 41.6 Å². The van der Waals surface area contributed by atoms with Crippen molar-refractivity contribution in [3.63, 3.8) is 0 Å². The van der Waals surface area contributed by atoms with Crippen LogP contribution in [0.15, 0.2) is 35.4 Å². The SMILES string of the molecule is Cc1cc2c(cc1N(CCCCN(Cc1cc(C(F)(F)F)cc(C(F)(F)F)c1)/C(N)=N/N(C)N)CCC(C)(C)CC(=O)O)COC2. The second kappa shape index (κ2) is 14.8. The van der Waals surface area contributed by atoms with Crippen LogP contribution in [0.5, 0.6) is 0 Å². The number of alkyl halides is 6. The van der Waals surface area contributed by atoms with Crippen LogP contribution in [0.2, 0.25) is 0 Å². The first-order chi connectivity index (χ1) is 21.2. The van der Waals surface area contributed by atoms with Gasteiger partial charge in [0.15, 0.2) is 0 Å². The summed E-state index contributed by atoms with van der Waals surface area (Å²) in [4.78, 5) is 15.0. The van der Waals surface area contributed by atoms with Crippen molar-refractivity contribution in [2.45, 2.75) is 78.6 Å². The first-order valence-electron chi connectivity index (χ1n) is 14.8. The van der Waals surface area contributed by atoms with E-state index in [9.17, 15) is 36.2 Å². The molecule has 0 radical (unpaired) electrons. The molecule has 2 aromatic rings. The number of rotatable bonds is 14. The van der Waals surface area contributed by atoms with Crippen LogP contribution in [0.4, 0.5) is 32.0 Å². The molecule has 0 unspecified atom stereocenters. The van der Waals surface area contributed by atoms with Gasteiger partial charge in [-0.15, -0.1) is 5.10 Å². The van der Waals surface area contributed by atoms with Crippen LogP contribution in [0.25, 0.3) is 0 Å². The number of unbranched alkanes of at least 4 members (excludes halogenated alkanes) is 1. The Bertz CT molecular complexity index is 1360. The summed E-state index contributed by atoms with van der Waals surface area (Å²) >= 11 is 0. The topological polar surface area (TPSA) is 121 Å². The number of nitrogens with two attached hydrogens (primary N) is 2. The lowest BCUT2D eigenvalue weighted by atomic mass is 9.85. The molecule has 256 valence electrons. The highest BCUT2D eigenvalue weighted by atomic mass is 19.4. The fraction of sp³-hybridized carbons (Fsp3) is 0.548. The lowest BCUT2D eigenvalue weighted by molar-refractivity contribution is -0.143. The van der Waals surface area contributed by atoms with E-state index in [0.29, 0.717) is 57.7 Å². The monoisotopic (exact) mass is 660 g/mol. The molecule has 0 fully saturated rings. The van der Waals surface area contributed by atoms with Gasteiger partial charge in [0.1, 0.15) is 0 Å². The molecule has 5 N–H and O–H groups in total. The Morgan fingerprint density at radius 1 is 0.935 bits per heavy atom. The number of halogens is 6. The van der Waals surface area contributed by atoms with E-state index < -0.39 is 34.9 Å². The van der Waals surface area contributed by atoms with E-state index >= 15 is 0 Å². The third-order valence-corrected chi connectivity index (χ3v) is 7.77. The molecule has 9 nitrogen and oxygen atoms in total. The largest absolute Gasteiger partial charge is 0.481 e. The first kappa shape index (κ1) is 36.7. The van der Waals surface area contributed by atoms with E-state index in [-0.39, 0.29) is 37.1 Å². The van der Waals surface area contributed by atoms with Gasteiger partial charge >= 0.3 is 18.3 Å². The van der Waals surface area contributed by atoms with E-state index in [1.165, 1.54) is 11.9 Å². The Morgan fingerprint density at radius 2 is 1.50 bits per heavy atom. The number of carboxylic acid groups (broad SMARTS) is 1. The third kappa shape index (κ3) is 10.7. The number of anilines is 1. The highest BCUT2D eigenvalue weighted by Gasteiger charge is 2.37. The van der Waals surface area contributed by atoms with Crippen molar-refractivity contribution >= 4 is 17.6 Å². The van der Waals surface area contributed by atoms with Crippen molar-refractivity contribution in [3.8, 4) is 0 Å². The lowest BCUT2D eigenvalue weighted by Crippen LogP contribution is -2.40. The van der Waals surface area contributed by atoms with E-state index in [4.69, 9.17) is 16.3 Å². The summed E-state index contributed by atoms with van der Waals surface area (Å²) in [7, 11) is 1.38.